The van der Waals surface area contributed by atoms with Gasteiger partial charge >= 0.3 is 0 Å². The van der Waals surface area contributed by atoms with Crippen LogP contribution in [0.5, 0.6) is 0 Å². The Labute approximate surface area is 144 Å². The van der Waals surface area contributed by atoms with E-state index in [2.05, 4.69) is 0 Å². The molecule has 2 aromatic heterocycles. The van der Waals surface area contributed by atoms with E-state index in [-0.39, 0.29) is 0 Å². The molecule has 25 heavy (non-hydrogen) atoms. The molecule has 0 unspecified atom stereocenters. The quantitative estimate of drug-likeness (QED) is 0.399. The van der Waals surface area contributed by atoms with Gasteiger partial charge in [-0.1, -0.05) is 36.4 Å². The lowest BCUT2D eigenvalue weighted by atomic mass is 10.0. The zero-order valence-electron chi connectivity index (χ0n) is 13.4. The van der Waals surface area contributed by atoms with E-state index in [0.717, 1.165) is 44.6 Å². The molecule has 0 radical (unpaired) electrons. The van der Waals surface area contributed by atoms with Crippen molar-refractivity contribution in [2.24, 2.45) is 0 Å². The summed E-state index contributed by atoms with van der Waals surface area (Å²) in [5, 5.41) is 2.15. The number of hydrogen-bond donors (Lipinski definition) is 1. The van der Waals surface area contributed by atoms with E-state index in [1.165, 1.54) is 0 Å². The van der Waals surface area contributed by atoms with Crippen molar-refractivity contribution in [3.8, 4) is 22.6 Å². The summed E-state index contributed by atoms with van der Waals surface area (Å²) >= 11 is 0. The predicted molar refractivity (Wildman–Crippen MR) is 101 cm³/mol. The van der Waals surface area contributed by atoms with Gasteiger partial charge in [0.25, 0.3) is 0 Å². The molecular formula is C22H15NO2. The number of para-hydroxylation sites is 2. The first-order valence-corrected chi connectivity index (χ1v) is 8.15. The summed E-state index contributed by atoms with van der Waals surface area (Å²) in [6, 6.07) is 25.9. The summed E-state index contributed by atoms with van der Waals surface area (Å²) in [5.74, 6) is 1.59. The largest absolute Gasteiger partial charge is 0.456 e. The highest BCUT2D eigenvalue weighted by molar-refractivity contribution is 5.86. The molecule has 0 saturated heterocycles. The lowest BCUT2D eigenvalue weighted by Crippen LogP contribution is -1.87. The highest BCUT2D eigenvalue weighted by atomic mass is 16.3. The Hall–Kier alpha value is -3.46. The van der Waals surface area contributed by atoms with Gasteiger partial charge in [-0.15, -0.1) is 0 Å². The van der Waals surface area contributed by atoms with Crippen LogP contribution in [0.1, 0.15) is 0 Å². The molecule has 0 amide bonds. The zero-order valence-corrected chi connectivity index (χ0v) is 13.4. The van der Waals surface area contributed by atoms with Gasteiger partial charge in [-0.25, -0.2) is 0 Å². The van der Waals surface area contributed by atoms with Crippen LogP contribution < -0.4 is 5.73 Å². The molecule has 2 N–H and O–H groups in total. The number of hydrogen-bond acceptors (Lipinski definition) is 3. The van der Waals surface area contributed by atoms with Gasteiger partial charge in [-0.05, 0) is 42.5 Å². The lowest BCUT2D eigenvalue weighted by molar-refractivity contribution is 0.629. The molecule has 0 aliphatic rings. The molecule has 5 aromatic rings. The molecule has 0 spiro atoms. The van der Waals surface area contributed by atoms with Crippen molar-refractivity contribution >= 4 is 27.6 Å². The van der Waals surface area contributed by atoms with E-state index in [9.17, 15) is 0 Å². The second kappa shape index (κ2) is 5.28. The number of furan rings is 2. The van der Waals surface area contributed by atoms with Gasteiger partial charge < -0.3 is 14.6 Å². The highest BCUT2D eigenvalue weighted by Crippen LogP contribution is 2.34. The Balaban J connectivity index is 1.66. The Morgan fingerprint density at radius 2 is 1.04 bits per heavy atom. The Morgan fingerprint density at radius 3 is 1.52 bits per heavy atom. The SMILES string of the molecule is Nc1cc(-c2cc3ccccc3o2)cc(-c2cc3ccccc3o2)c1. The topological polar surface area (TPSA) is 52.3 Å². The molecule has 3 nitrogen and oxygen atoms in total. The molecule has 0 aliphatic carbocycles. The summed E-state index contributed by atoms with van der Waals surface area (Å²) in [7, 11) is 0. The van der Waals surface area contributed by atoms with Gasteiger partial charge in [-0.2, -0.15) is 0 Å². The van der Waals surface area contributed by atoms with Crippen LogP contribution in [-0.2, 0) is 0 Å². The average molecular weight is 325 g/mol. The molecule has 3 heteroatoms. The molecule has 0 aliphatic heterocycles. The van der Waals surface area contributed by atoms with Gasteiger partial charge in [0.15, 0.2) is 0 Å². The molecule has 0 fully saturated rings. The molecule has 5 rings (SSSR count). The maximum atomic E-state index is 6.14. The predicted octanol–water partition coefficient (Wildman–Crippen LogP) is 6.10. The summed E-state index contributed by atoms with van der Waals surface area (Å²) in [4.78, 5) is 0. The van der Waals surface area contributed by atoms with Gasteiger partial charge in [-0.3, -0.25) is 0 Å². The van der Waals surface area contributed by atoms with Crippen LogP contribution in [0, 0.1) is 0 Å². The smallest absolute Gasteiger partial charge is 0.135 e. The van der Waals surface area contributed by atoms with Crippen molar-refractivity contribution in [1.82, 2.24) is 0 Å². The van der Waals surface area contributed by atoms with Crippen molar-refractivity contribution in [2.75, 3.05) is 5.73 Å². The number of anilines is 1. The highest BCUT2D eigenvalue weighted by Gasteiger charge is 2.11. The molecule has 0 saturated carbocycles. The monoisotopic (exact) mass is 325 g/mol. The summed E-state index contributed by atoms with van der Waals surface area (Å²) < 4.78 is 11.9. The van der Waals surface area contributed by atoms with Crippen molar-refractivity contribution in [3.05, 3.63) is 78.9 Å². The average Bonchev–Trinajstić information content (AvgIpc) is 3.25. The van der Waals surface area contributed by atoms with Crippen LogP contribution in [0.3, 0.4) is 0 Å². The fraction of sp³-hybridized carbons (Fsp3) is 0. The van der Waals surface area contributed by atoms with E-state index in [0.29, 0.717) is 5.69 Å². The van der Waals surface area contributed by atoms with Gasteiger partial charge in [0, 0.05) is 27.6 Å². The van der Waals surface area contributed by atoms with Gasteiger partial charge in [0.2, 0.25) is 0 Å². The minimum Gasteiger partial charge on any atom is -0.456 e. The molecular weight excluding hydrogens is 310 g/mol. The second-order valence-corrected chi connectivity index (χ2v) is 6.14. The minimum atomic E-state index is 0.674. The maximum Gasteiger partial charge on any atom is 0.135 e. The first-order valence-electron chi connectivity index (χ1n) is 8.15. The second-order valence-electron chi connectivity index (χ2n) is 6.14. The Bertz CT molecular complexity index is 1050. The van der Waals surface area contributed by atoms with Crippen molar-refractivity contribution in [3.63, 3.8) is 0 Å². The van der Waals surface area contributed by atoms with E-state index < -0.39 is 0 Å². The van der Waals surface area contributed by atoms with Gasteiger partial charge in [0.05, 0.1) is 0 Å². The van der Waals surface area contributed by atoms with Crippen molar-refractivity contribution < 1.29 is 8.83 Å². The van der Waals surface area contributed by atoms with Crippen LogP contribution in [0.4, 0.5) is 5.69 Å². The summed E-state index contributed by atoms with van der Waals surface area (Å²) in [5.41, 5.74) is 10.4. The molecule has 3 aromatic carbocycles. The van der Waals surface area contributed by atoms with Crippen LogP contribution in [0.25, 0.3) is 44.6 Å². The van der Waals surface area contributed by atoms with Crippen LogP contribution >= 0.6 is 0 Å². The van der Waals surface area contributed by atoms with E-state index in [4.69, 9.17) is 14.6 Å². The molecule has 0 bridgehead atoms. The first-order chi connectivity index (χ1) is 12.3. The normalized spacial score (nSPS) is 11.4. The number of rotatable bonds is 2. The molecule has 120 valence electrons. The van der Waals surface area contributed by atoms with Crippen LogP contribution in [0.2, 0.25) is 0 Å². The standard InChI is InChI=1S/C22H15NO2/c23-18-10-16(21-12-14-5-1-3-7-19(14)24-21)9-17(11-18)22-13-15-6-2-4-8-20(15)25-22/h1-13H,23H2. The third kappa shape index (κ3) is 2.37. The van der Waals surface area contributed by atoms with Crippen LogP contribution in [-0.4, -0.2) is 0 Å². The Morgan fingerprint density at radius 1 is 0.560 bits per heavy atom. The number of nitrogens with two attached hydrogens (primary N) is 1. The maximum absolute atomic E-state index is 6.14. The fourth-order valence-corrected chi connectivity index (χ4v) is 3.18. The van der Waals surface area contributed by atoms with E-state index in [1.807, 2.05) is 78.9 Å². The van der Waals surface area contributed by atoms with Crippen LogP contribution in [0.15, 0.2) is 87.7 Å². The van der Waals surface area contributed by atoms with E-state index >= 15 is 0 Å². The number of nitrogen functional groups attached to an aromatic ring is 1. The number of benzene rings is 3. The fourth-order valence-electron chi connectivity index (χ4n) is 3.18. The molecule has 2 heterocycles. The first kappa shape index (κ1) is 13.9. The minimum absolute atomic E-state index is 0.674. The third-order valence-electron chi connectivity index (χ3n) is 4.38. The van der Waals surface area contributed by atoms with Crippen molar-refractivity contribution in [2.45, 2.75) is 0 Å². The van der Waals surface area contributed by atoms with E-state index in [1.54, 1.807) is 0 Å². The summed E-state index contributed by atoms with van der Waals surface area (Å²) in [6.45, 7) is 0. The Kier molecular flexibility index (Phi) is 2.94. The number of fused-ring (bicyclic) bond motifs is 2. The summed E-state index contributed by atoms with van der Waals surface area (Å²) in [6.07, 6.45) is 0. The van der Waals surface area contributed by atoms with Gasteiger partial charge in [0.1, 0.15) is 22.7 Å². The third-order valence-corrected chi connectivity index (χ3v) is 4.38. The zero-order chi connectivity index (χ0) is 16.8. The molecule has 0 atom stereocenters. The van der Waals surface area contributed by atoms with Crippen molar-refractivity contribution in [1.29, 1.82) is 0 Å². The lowest BCUT2D eigenvalue weighted by Gasteiger charge is -2.04.